The van der Waals surface area contributed by atoms with Crippen molar-refractivity contribution in [3.63, 3.8) is 0 Å². The first kappa shape index (κ1) is 13.1. The molecule has 1 heterocycles. The average Bonchev–Trinajstić information content (AvgIpc) is 2.39. The quantitative estimate of drug-likeness (QED) is 0.607. The van der Waals surface area contributed by atoms with E-state index in [0.717, 1.165) is 16.6 Å². The maximum absolute atomic E-state index is 11.3. The van der Waals surface area contributed by atoms with Crippen molar-refractivity contribution in [1.82, 2.24) is 0 Å². The van der Waals surface area contributed by atoms with Crippen LogP contribution in [0.4, 0.5) is 5.69 Å². The second-order valence-electron chi connectivity index (χ2n) is 4.38. The normalized spacial score (nSPS) is 10.4. The Morgan fingerprint density at radius 1 is 1.16 bits per heavy atom. The lowest BCUT2D eigenvalue weighted by atomic mass is 10.1. The lowest BCUT2D eigenvalue weighted by molar-refractivity contribution is 0.561. The van der Waals surface area contributed by atoms with Gasteiger partial charge >= 0.3 is 5.63 Å². The molecule has 0 radical (unpaired) electrons. The van der Waals surface area contributed by atoms with Crippen LogP contribution in [0, 0.1) is 6.92 Å². The van der Waals surface area contributed by atoms with Crippen molar-refractivity contribution in [2.45, 2.75) is 6.92 Å². The van der Waals surface area contributed by atoms with Crippen LogP contribution in [0.5, 0.6) is 0 Å². The lowest BCUT2D eigenvalue weighted by Crippen LogP contribution is -2.24. The molecule has 0 atom stereocenters. The fraction of sp³-hybridized carbons (Fsp3) is 0.188. The molecule has 3 nitrogen and oxygen atoms in total. The molecule has 1 aromatic heterocycles. The lowest BCUT2D eigenvalue weighted by Gasteiger charge is -2.25. The van der Waals surface area contributed by atoms with Crippen LogP contribution in [0.1, 0.15) is 5.56 Å². The third-order valence-corrected chi connectivity index (χ3v) is 2.99. The molecule has 19 heavy (non-hydrogen) atoms. The molecule has 0 saturated heterocycles. The molecular formula is C16H17NO2. The van der Waals surface area contributed by atoms with Gasteiger partial charge in [-0.15, -0.1) is 13.2 Å². The van der Waals surface area contributed by atoms with E-state index in [1.807, 2.05) is 37.3 Å². The fourth-order valence-electron chi connectivity index (χ4n) is 2.23. The van der Waals surface area contributed by atoms with Crippen LogP contribution in [0.3, 0.4) is 0 Å². The van der Waals surface area contributed by atoms with Gasteiger partial charge in [-0.05, 0) is 24.6 Å². The molecule has 2 aromatic rings. The SMILES string of the molecule is C=CCN(CC=C)c1c(C)ccc2oc(=O)ccc12. The van der Waals surface area contributed by atoms with Gasteiger partial charge in [-0.1, -0.05) is 18.2 Å². The fourth-order valence-corrected chi connectivity index (χ4v) is 2.23. The van der Waals surface area contributed by atoms with E-state index in [0.29, 0.717) is 18.7 Å². The minimum Gasteiger partial charge on any atom is -0.423 e. The van der Waals surface area contributed by atoms with E-state index in [-0.39, 0.29) is 5.63 Å². The molecule has 0 fully saturated rings. The van der Waals surface area contributed by atoms with E-state index in [9.17, 15) is 4.79 Å². The summed E-state index contributed by atoms with van der Waals surface area (Å²) in [6, 6.07) is 7.04. The third kappa shape index (κ3) is 2.60. The molecule has 2 rings (SSSR count). The highest BCUT2D eigenvalue weighted by Crippen LogP contribution is 2.29. The molecule has 0 saturated carbocycles. The van der Waals surface area contributed by atoms with Crippen LogP contribution in [-0.2, 0) is 0 Å². The summed E-state index contributed by atoms with van der Waals surface area (Å²) in [7, 11) is 0. The van der Waals surface area contributed by atoms with Crippen molar-refractivity contribution in [2.75, 3.05) is 18.0 Å². The third-order valence-electron chi connectivity index (χ3n) is 2.99. The predicted molar refractivity (Wildman–Crippen MR) is 79.8 cm³/mol. The van der Waals surface area contributed by atoms with Crippen molar-refractivity contribution in [2.24, 2.45) is 0 Å². The minimum absolute atomic E-state index is 0.332. The zero-order valence-corrected chi connectivity index (χ0v) is 11.1. The molecule has 0 aliphatic heterocycles. The summed E-state index contributed by atoms with van der Waals surface area (Å²) in [6.07, 6.45) is 3.70. The van der Waals surface area contributed by atoms with Gasteiger partial charge in [-0.2, -0.15) is 0 Å². The van der Waals surface area contributed by atoms with Crippen LogP contribution in [0.25, 0.3) is 11.0 Å². The van der Waals surface area contributed by atoms with Gasteiger partial charge in [0.25, 0.3) is 0 Å². The zero-order valence-electron chi connectivity index (χ0n) is 11.1. The average molecular weight is 255 g/mol. The maximum Gasteiger partial charge on any atom is 0.336 e. The van der Waals surface area contributed by atoms with Gasteiger partial charge in [-0.3, -0.25) is 0 Å². The van der Waals surface area contributed by atoms with Crippen LogP contribution in [0.15, 0.2) is 58.8 Å². The Bertz CT molecular complexity index is 660. The highest BCUT2D eigenvalue weighted by atomic mass is 16.4. The van der Waals surface area contributed by atoms with Crippen molar-refractivity contribution >= 4 is 16.7 Å². The monoisotopic (exact) mass is 255 g/mol. The second-order valence-corrected chi connectivity index (χ2v) is 4.38. The van der Waals surface area contributed by atoms with Crippen LogP contribution < -0.4 is 10.5 Å². The molecule has 0 N–H and O–H groups in total. The van der Waals surface area contributed by atoms with Gasteiger partial charge in [-0.25, -0.2) is 4.79 Å². The first-order valence-corrected chi connectivity index (χ1v) is 6.17. The predicted octanol–water partition coefficient (Wildman–Crippen LogP) is 3.28. The molecule has 3 heteroatoms. The summed E-state index contributed by atoms with van der Waals surface area (Å²) in [5.41, 5.74) is 2.46. The van der Waals surface area contributed by atoms with Gasteiger partial charge in [0.1, 0.15) is 5.58 Å². The smallest absolute Gasteiger partial charge is 0.336 e. The van der Waals surface area contributed by atoms with E-state index in [2.05, 4.69) is 18.1 Å². The molecule has 1 aromatic carbocycles. The Hall–Kier alpha value is -2.29. The van der Waals surface area contributed by atoms with Crippen molar-refractivity contribution in [3.8, 4) is 0 Å². The topological polar surface area (TPSA) is 33.5 Å². The number of hydrogen-bond acceptors (Lipinski definition) is 3. The largest absolute Gasteiger partial charge is 0.423 e. The first-order valence-electron chi connectivity index (χ1n) is 6.17. The Morgan fingerprint density at radius 3 is 2.47 bits per heavy atom. The molecule has 0 bridgehead atoms. The molecule has 0 aliphatic carbocycles. The number of nitrogens with zero attached hydrogens (tertiary/aromatic N) is 1. The summed E-state index contributed by atoms with van der Waals surface area (Å²) in [4.78, 5) is 13.4. The summed E-state index contributed by atoms with van der Waals surface area (Å²) in [5.74, 6) is 0. The van der Waals surface area contributed by atoms with Gasteiger partial charge in [0.15, 0.2) is 0 Å². The Balaban J connectivity index is 2.68. The van der Waals surface area contributed by atoms with Crippen molar-refractivity contribution < 1.29 is 4.42 Å². The van der Waals surface area contributed by atoms with Crippen LogP contribution in [0.2, 0.25) is 0 Å². The molecule has 0 unspecified atom stereocenters. The first-order chi connectivity index (χ1) is 9.17. The standard InChI is InChI=1S/C16H17NO2/c1-4-10-17(11-5-2)16-12(3)6-8-14-13(16)7-9-15(18)19-14/h4-9H,1-2,10-11H2,3H3. The highest BCUT2D eigenvalue weighted by Gasteiger charge is 2.12. The Morgan fingerprint density at radius 2 is 1.84 bits per heavy atom. The molecule has 0 amide bonds. The van der Waals surface area contributed by atoms with E-state index in [1.54, 1.807) is 0 Å². The number of anilines is 1. The summed E-state index contributed by atoms with van der Waals surface area (Å²) < 4.78 is 5.23. The van der Waals surface area contributed by atoms with Gasteiger partial charge in [0.05, 0.1) is 5.69 Å². The van der Waals surface area contributed by atoms with Gasteiger partial charge in [0.2, 0.25) is 0 Å². The summed E-state index contributed by atoms with van der Waals surface area (Å²) in [6.45, 7) is 11.0. The van der Waals surface area contributed by atoms with Gasteiger partial charge in [0, 0.05) is 24.5 Å². The zero-order chi connectivity index (χ0) is 13.8. The van der Waals surface area contributed by atoms with Gasteiger partial charge < -0.3 is 9.32 Å². The van der Waals surface area contributed by atoms with E-state index in [1.165, 1.54) is 6.07 Å². The molecule has 98 valence electrons. The number of benzene rings is 1. The maximum atomic E-state index is 11.3. The number of fused-ring (bicyclic) bond motifs is 1. The van der Waals surface area contributed by atoms with E-state index < -0.39 is 0 Å². The number of aryl methyl sites for hydroxylation is 1. The van der Waals surface area contributed by atoms with Crippen molar-refractivity contribution in [3.05, 3.63) is 65.6 Å². The Labute approximate surface area is 112 Å². The Kier molecular flexibility index (Phi) is 3.85. The molecular weight excluding hydrogens is 238 g/mol. The molecule has 0 aliphatic rings. The molecule has 0 spiro atoms. The highest BCUT2D eigenvalue weighted by molar-refractivity contribution is 5.92. The van der Waals surface area contributed by atoms with E-state index >= 15 is 0 Å². The second kappa shape index (κ2) is 5.57. The van der Waals surface area contributed by atoms with E-state index in [4.69, 9.17) is 4.42 Å². The van der Waals surface area contributed by atoms with Crippen LogP contribution >= 0.6 is 0 Å². The minimum atomic E-state index is -0.332. The number of hydrogen-bond donors (Lipinski definition) is 0. The summed E-state index contributed by atoms with van der Waals surface area (Å²) >= 11 is 0. The van der Waals surface area contributed by atoms with Crippen LogP contribution in [-0.4, -0.2) is 13.1 Å². The van der Waals surface area contributed by atoms with Crippen molar-refractivity contribution in [1.29, 1.82) is 0 Å². The summed E-state index contributed by atoms with van der Waals surface area (Å²) in [5, 5.41) is 0.934. The number of rotatable bonds is 5.